The summed E-state index contributed by atoms with van der Waals surface area (Å²) in [6.45, 7) is 3.43. The second kappa shape index (κ2) is 11.0. The van der Waals surface area contributed by atoms with E-state index in [4.69, 9.17) is 9.47 Å². The number of phenolic OH excluding ortho intramolecular Hbond substituents is 1. The van der Waals surface area contributed by atoms with Gasteiger partial charge in [-0.1, -0.05) is 24.3 Å². The molecule has 1 unspecified atom stereocenters. The van der Waals surface area contributed by atoms with Gasteiger partial charge >= 0.3 is 0 Å². The fourth-order valence-electron chi connectivity index (χ4n) is 2.60. The zero-order valence-corrected chi connectivity index (χ0v) is 16.2. The predicted octanol–water partition coefficient (Wildman–Crippen LogP) is 2.97. The van der Waals surface area contributed by atoms with Crippen molar-refractivity contribution < 1.29 is 14.6 Å². The molecule has 0 aliphatic heterocycles. The van der Waals surface area contributed by atoms with Crippen molar-refractivity contribution >= 4 is 5.96 Å². The maximum Gasteiger partial charge on any atom is 0.191 e. The molecule has 0 saturated carbocycles. The monoisotopic (exact) mass is 371 g/mol. The lowest BCUT2D eigenvalue weighted by Crippen LogP contribution is -2.42. The van der Waals surface area contributed by atoms with E-state index in [-0.39, 0.29) is 6.10 Å². The number of hydrogen-bond donors (Lipinski definition) is 3. The van der Waals surface area contributed by atoms with Crippen LogP contribution in [0.15, 0.2) is 53.5 Å². The molecule has 3 N–H and O–H groups in total. The predicted molar refractivity (Wildman–Crippen MR) is 109 cm³/mol. The number of para-hydroxylation sites is 2. The van der Waals surface area contributed by atoms with E-state index in [1.54, 1.807) is 26.3 Å². The summed E-state index contributed by atoms with van der Waals surface area (Å²) in [7, 11) is 3.39. The van der Waals surface area contributed by atoms with E-state index in [1.165, 1.54) is 5.56 Å². The van der Waals surface area contributed by atoms with Crippen molar-refractivity contribution in [2.45, 2.75) is 25.9 Å². The Kier molecular flexibility index (Phi) is 8.29. The van der Waals surface area contributed by atoms with Gasteiger partial charge in [-0.05, 0) is 49.6 Å². The maximum absolute atomic E-state index is 9.31. The van der Waals surface area contributed by atoms with Crippen LogP contribution >= 0.6 is 0 Å². The zero-order chi connectivity index (χ0) is 19.5. The van der Waals surface area contributed by atoms with Crippen LogP contribution in [0.3, 0.4) is 0 Å². The number of guanidine groups is 1. The molecule has 0 bridgehead atoms. The first kappa shape index (κ1) is 20.4. The molecule has 6 heteroatoms. The number of nitrogens with zero attached hydrogens (tertiary/aromatic N) is 1. The molecule has 0 fully saturated rings. The summed E-state index contributed by atoms with van der Waals surface area (Å²) in [6.07, 6.45) is 1.87. The summed E-state index contributed by atoms with van der Waals surface area (Å²) in [5.74, 6) is 2.49. The minimum Gasteiger partial charge on any atom is -0.508 e. The zero-order valence-electron chi connectivity index (χ0n) is 16.2. The molecular formula is C21H29N3O3. The van der Waals surface area contributed by atoms with Crippen molar-refractivity contribution in [2.75, 3.05) is 27.2 Å². The molecular weight excluding hydrogens is 342 g/mol. The second-order valence-electron chi connectivity index (χ2n) is 6.23. The first-order chi connectivity index (χ1) is 13.1. The highest BCUT2D eigenvalue weighted by Gasteiger charge is 2.09. The number of aryl methyl sites for hydroxylation is 1. The number of phenols is 1. The summed E-state index contributed by atoms with van der Waals surface area (Å²) in [5.41, 5.74) is 1.20. The highest BCUT2D eigenvalue weighted by Crippen LogP contribution is 2.26. The molecule has 0 aromatic heterocycles. The third-order valence-corrected chi connectivity index (χ3v) is 4.05. The summed E-state index contributed by atoms with van der Waals surface area (Å²) in [5, 5.41) is 15.9. The third kappa shape index (κ3) is 7.09. The first-order valence-electron chi connectivity index (χ1n) is 9.14. The van der Waals surface area contributed by atoms with Crippen molar-refractivity contribution in [3.05, 3.63) is 54.1 Å². The first-order valence-corrected chi connectivity index (χ1v) is 9.14. The number of benzene rings is 2. The molecule has 0 spiro atoms. The number of nitrogens with one attached hydrogen (secondary N) is 2. The Hall–Kier alpha value is -2.89. The van der Waals surface area contributed by atoms with Crippen LogP contribution in [0.1, 0.15) is 18.9 Å². The van der Waals surface area contributed by atoms with E-state index in [9.17, 15) is 5.11 Å². The summed E-state index contributed by atoms with van der Waals surface area (Å²) >= 11 is 0. The van der Waals surface area contributed by atoms with Crippen molar-refractivity contribution in [3.63, 3.8) is 0 Å². The Morgan fingerprint density at radius 2 is 1.78 bits per heavy atom. The fraction of sp³-hybridized carbons (Fsp3) is 0.381. The van der Waals surface area contributed by atoms with Gasteiger partial charge in [0.1, 0.15) is 11.9 Å². The minimum atomic E-state index is -0.0446. The van der Waals surface area contributed by atoms with Crippen LogP contribution in [-0.4, -0.2) is 44.4 Å². The number of methoxy groups -OCH3 is 1. The number of hydrogen-bond acceptors (Lipinski definition) is 4. The second-order valence-corrected chi connectivity index (χ2v) is 6.23. The largest absolute Gasteiger partial charge is 0.508 e. The lowest BCUT2D eigenvalue weighted by molar-refractivity contribution is 0.213. The molecule has 0 heterocycles. The van der Waals surface area contributed by atoms with Crippen LogP contribution in [0.25, 0.3) is 0 Å². The van der Waals surface area contributed by atoms with Crippen molar-refractivity contribution in [2.24, 2.45) is 4.99 Å². The normalized spacial score (nSPS) is 12.3. The number of aromatic hydroxyl groups is 1. The van der Waals surface area contributed by atoms with Gasteiger partial charge in [-0.15, -0.1) is 0 Å². The van der Waals surface area contributed by atoms with E-state index in [1.807, 2.05) is 43.3 Å². The molecule has 6 nitrogen and oxygen atoms in total. The fourth-order valence-corrected chi connectivity index (χ4v) is 2.60. The van der Waals surface area contributed by atoms with Crippen molar-refractivity contribution in [3.8, 4) is 17.2 Å². The molecule has 27 heavy (non-hydrogen) atoms. The number of aliphatic imine (C=N–C) groups is 1. The molecule has 0 saturated heterocycles. The van der Waals surface area contributed by atoms with Gasteiger partial charge in [0.05, 0.1) is 13.7 Å². The van der Waals surface area contributed by atoms with Gasteiger partial charge in [0, 0.05) is 13.6 Å². The Balaban J connectivity index is 1.69. The molecule has 146 valence electrons. The standard InChI is InChI=1S/C21H29N3O3/c1-16(27-20-9-5-4-8-19(20)26-3)15-24-21(22-2)23-14-6-7-17-10-12-18(25)13-11-17/h4-5,8-13,16,25H,6-7,14-15H2,1-3H3,(H2,22,23,24). The van der Waals surface area contributed by atoms with Gasteiger partial charge in [0.2, 0.25) is 0 Å². The third-order valence-electron chi connectivity index (χ3n) is 4.05. The smallest absolute Gasteiger partial charge is 0.191 e. The highest BCUT2D eigenvalue weighted by atomic mass is 16.5. The molecule has 2 aromatic carbocycles. The van der Waals surface area contributed by atoms with Crippen LogP contribution in [-0.2, 0) is 6.42 Å². The summed E-state index contributed by atoms with van der Waals surface area (Å²) < 4.78 is 11.2. The molecule has 1 atom stereocenters. The average Bonchev–Trinajstić information content (AvgIpc) is 2.69. The SMILES string of the molecule is CN=C(NCCCc1ccc(O)cc1)NCC(C)Oc1ccccc1OC. The van der Waals surface area contributed by atoms with E-state index < -0.39 is 0 Å². The van der Waals surface area contributed by atoms with Crippen LogP contribution in [0.2, 0.25) is 0 Å². The van der Waals surface area contributed by atoms with Gasteiger partial charge in [-0.3, -0.25) is 4.99 Å². The van der Waals surface area contributed by atoms with Gasteiger partial charge in [0.15, 0.2) is 17.5 Å². The van der Waals surface area contributed by atoms with E-state index in [0.29, 0.717) is 12.3 Å². The average molecular weight is 371 g/mol. The maximum atomic E-state index is 9.31. The molecule has 0 aliphatic carbocycles. The molecule has 0 amide bonds. The Labute approximate surface area is 161 Å². The lowest BCUT2D eigenvalue weighted by Gasteiger charge is -2.19. The lowest BCUT2D eigenvalue weighted by atomic mass is 10.1. The van der Waals surface area contributed by atoms with Crippen LogP contribution < -0.4 is 20.1 Å². The Bertz CT molecular complexity index is 717. The van der Waals surface area contributed by atoms with Crippen molar-refractivity contribution in [1.29, 1.82) is 0 Å². The quantitative estimate of drug-likeness (QED) is 0.359. The Morgan fingerprint density at radius 3 is 2.44 bits per heavy atom. The molecule has 2 rings (SSSR count). The topological polar surface area (TPSA) is 75.1 Å². The van der Waals surface area contributed by atoms with Crippen LogP contribution in [0, 0.1) is 0 Å². The Morgan fingerprint density at radius 1 is 1.07 bits per heavy atom. The molecule has 0 radical (unpaired) electrons. The van der Waals surface area contributed by atoms with Gasteiger partial charge in [-0.2, -0.15) is 0 Å². The van der Waals surface area contributed by atoms with E-state index in [0.717, 1.165) is 36.8 Å². The van der Waals surface area contributed by atoms with E-state index >= 15 is 0 Å². The number of rotatable bonds is 9. The van der Waals surface area contributed by atoms with Crippen molar-refractivity contribution in [1.82, 2.24) is 10.6 Å². The molecule has 2 aromatic rings. The van der Waals surface area contributed by atoms with Gasteiger partial charge in [-0.25, -0.2) is 0 Å². The van der Waals surface area contributed by atoms with Gasteiger partial charge < -0.3 is 25.2 Å². The van der Waals surface area contributed by atoms with Crippen LogP contribution in [0.5, 0.6) is 17.2 Å². The highest BCUT2D eigenvalue weighted by molar-refractivity contribution is 5.79. The molecule has 0 aliphatic rings. The van der Waals surface area contributed by atoms with Gasteiger partial charge in [0.25, 0.3) is 0 Å². The number of ether oxygens (including phenoxy) is 2. The summed E-state index contributed by atoms with van der Waals surface area (Å²) in [6, 6.07) is 14.9. The van der Waals surface area contributed by atoms with Crippen LogP contribution in [0.4, 0.5) is 0 Å². The minimum absolute atomic E-state index is 0.0446. The van der Waals surface area contributed by atoms with E-state index in [2.05, 4.69) is 15.6 Å². The summed E-state index contributed by atoms with van der Waals surface area (Å²) in [4.78, 5) is 4.24.